The maximum absolute atomic E-state index is 10.9. The van der Waals surface area contributed by atoms with E-state index in [0.29, 0.717) is 6.61 Å². The zero-order valence-electron chi connectivity index (χ0n) is 9.23. The summed E-state index contributed by atoms with van der Waals surface area (Å²) in [5, 5.41) is 10.7. The van der Waals surface area contributed by atoms with Gasteiger partial charge in [-0.15, -0.1) is 0 Å². The number of nitrogens with zero attached hydrogens (tertiary/aromatic N) is 1. The molecule has 1 aromatic carbocycles. The highest BCUT2D eigenvalue weighted by Crippen LogP contribution is 2.28. The van der Waals surface area contributed by atoms with E-state index in [4.69, 9.17) is 4.74 Å². The van der Waals surface area contributed by atoms with Gasteiger partial charge in [-0.1, -0.05) is 6.07 Å². The van der Waals surface area contributed by atoms with Crippen LogP contribution in [0.4, 0.5) is 5.69 Å². The van der Waals surface area contributed by atoms with E-state index in [-0.39, 0.29) is 23.6 Å². The first kappa shape index (κ1) is 12.2. The van der Waals surface area contributed by atoms with Gasteiger partial charge in [0.1, 0.15) is 5.78 Å². The molecular formula is C11H13NO4. The second-order valence-corrected chi connectivity index (χ2v) is 3.37. The third-order valence-electron chi connectivity index (χ3n) is 1.97. The molecule has 1 aromatic rings. The van der Waals surface area contributed by atoms with Crippen LogP contribution in [0.25, 0.3) is 0 Å². The molecule has 0 aromatic heterocycles. The van der Waals surface area contributed by atoms with Gasteiger partial charge in [-0.3, -0.25) is 14.9 Å². The fraction of sp³-hybridized carbons (Fsp3) is 0.364. The van der Waals surface area contributed by atoms with E-state index >= 15 is 0 Å². The topological polar surface area (TPSA) is 69.4 Å². The fourth-order valence-corrected chi connectivity index (χ4v) is 1.38. The summed E-state index contributed by atoms with van der Waals surface area (Å²) in [4.78, 5) is 21.1. The molecule has 5 heteroatoms. The molecule has 0 fully saturated rings. The lowest BCUT2D eigenvalue weighted by Gasteiger charge is -2.05. The second kappa shape index (κ2) is 5.25. The summed E-state index contributed by atoms with van der Waals surface area (Å²) in [6.45, 7) is 3.58. The predicted molar refractivity (Wildman–Crippen MR) is 58.7 cm³/mol. The van der Waals surface area contributed by atoms with E-state index in [1.54, 1.807) is 19.1 Å². The number of hydrogen-bond donors (Lipinski definition) is 0. The Morgan fingerprint density at radius 3 is 2.69 bits per heavy atom. The molecule has 0 radical (unpaired) electrons. The molecular weight excluding hydrogens is 210 g/mol. The lowest BCUT2D eigenvalue weighted by atomic mass is 10.1. The SMILES string of the molecule is CCOc1cc(CC(C)=O)ccc1[N+](=O)[O-]. The highest BCUT2D eigenvalue weighted by Gasteiger charge is 2.15. The van der Waals surface area contributed by atoms with E-state index in [0.717, 1.165) is 5.56 Å². The van der Waals surface area contributed by atoms with Crippen LogP contribution in [0.5, 0.6) is 5.75 Å². The first-order valence-electron chi connectivity index (χ1n) is 4.94. The van der Waals surface area contributed by atoms with Crippen LogP contribution >= 0.6 is 0 Å². The summed E-state index contributed by atoms with van der Waals surface area (Å²) < 4.78 is 5.17. The average molecular weight is 223 g/mol. The quantitative estimate of drug-likeness (QED) is 0.566. The molecule has 16 heavy (non-hydrogen) atoms. The molecule has 0 aliphatic rings. The minimum Gasteiger partial charge on any atom is -0.487 e. The molecule has 86 valence electrons. The highest BCUT2D eigenvalue weighted by molar-refractivity contribution is 5.78. The summed E-state index contributed by atoms with van der Waals surface area (Å²) >= 11 is 0. The molecule has 0 aliphatic heterocycles. The zero-order chi connectivity index (χ0) is 12.1. The third kappa shape index (κ3) is 3.05. The van der Waals surface area contributed by atoms with Crippen molar-refractivity contribution in [3.63, 3.8) is 0 Å². The Balaban J connectivity index is 3.06. The maximum Gasteiger partial charge on any atom is 0.310 e. The van der Waals surface area contributed by atoms with E-state index in [1.807, 2.05) is 0 Å². The molecule has 0 saturated carbocycles. The van der Waals surface area contributed by atoms with Crippen molar-refractivity contribution in [3.05, 3.63) is 33.9 Å². The number of benzene rings is 1. The molecule has 1 rings (SSSR count). The van der Waals surface area contributed by atoms with E-state index in [9.17, 15) is 14.9 Å². The summed E-state index contributed by atoms with van der Waals surface area (Å²) in [6, 6.07) is 4.48. The summed E-state index contributed by atoms with van der Waals surface area (Å²) in [5.74, 6) is 0.225. The van der Waals surface area contributed by atoms with Gasteiger partial charge in [-0.05, 0) is 25.5 Å². The molecule has 0 bridgehead atoms. The van der Waals surface area contributed by atoms with Crippen molar-refractivity contribution in [2.75, 3.05) is 6.61 Å². The lowest BCUT2D eigenvalue weighted by molar-refractivity contribution is -0.385. The third-order valence-corrected chi connectivity index (χ3v) is 1.97. The Hall–Kier alpha value is -1.91. The predicted octanol–water partition coefficient (Wildman–Crippen LogP) is 2.12. The van der Waals surface area contributed by atoms with Gasteiger partial charge in [0.25, 0.3) is 0 Å². The van der Waals surface area contributed by atoms with Crippen LogP contribution in [0.15, 0.2) is 18.2 Å². The Bertz CT molecular complexity index is 414. The van der Waals surface area contributed by atoms with Gasteiger partial charge in [0.2, 0.25) is 0 Å². The number of nitro benzene ring substituents is 1. The molecule has 5 nitrogen and oxygen atoms in total. The number of Topliss-reactive ketones (excluding diaryl/α,β-unsaturated/α-hetero) is 1. The summed E-state index contributed by atoms with van der Waals surface area (Å²) in [6.07, 6.45) is 0.262. The minimum absolute atomic E-state index is 0.0105. The second-order valence-electron chi connectivity index (χ2n) is 3.37. The van der Waals surface area contributed by atoms with Gasteiger partial charge in [-0.25, -0.2) is 0 Å². The fourth-order valence-electron chi connectivity index (χ4n) is 1.38. The Morgan fingerprint density at radius 2 is 2.19 bits per heavy atom. The van der Waals surface area contributed by atoms with Gasteiger partial charge in [0.15, 0.2) is 5.75 Å². The number of carbonyl (C=O) groups is 1. The van der Waals surface area contributed by atoms with E-state index in [2.05, 4.69) is 0 Å². The maximum atomic E-state index is 10.9. The summed E-state index contributed by atoms with van der Waals surface area (Å²) in [7, 11) is 0. The molecule has 0 saturated heterocycles. The smallest absolute Gasteiger partial charge is 0.310 e. The monoisotopic (exact) mass is 223 g/mol. The normalized spacial score (nSPS) is 9.88. The highest BCUT2D eigenvalue weighted by atomic mass is 16.6. The number of rotatable bonds is 5. The minimum atomic E-state index is -0.497. The molecule has 0 amide bonds. The van der Waals surface area contributed by atoms with E-state index in [1.165, 1.54) is 13.0 Å². The van der Waals surface area contributed by atoms with Crippen LogP contribution in [0.1, 0.15) is 19.4 Å². The Morgan fingerprint density at radius 1 is 1.50 bits per heavy atom. The Labute approximate surface area is 93.2 Å². The lowest BCUT2D eigenvalue weighted by Crippen LogP contribution is -2.01. The molecule has 0 unspecified atom stereocenters. The van der Waals surface area contributed by atoms with Gasteiger partial charge in [0.05, 0.1) is 11.5 Å². The van der Waals surface area contributed by atoms with Crippen molar-refractivity contribution in [1.29, 1.82) is 0 Å². The first-order valence-corrected chi connectivity index (χ1v) is 4.94. The number of carbonyl (C=O) groups excluding carboxylic acids is 1. The summed E-state index contributed by atoms with van der Waals surface area (Å²) in [5.41, 5.74) is 0.649. The van der Waals surface area contributed by atoms with Gasteiger partial charge < -0.3 is 4.74 Å². The number of hydrogen-bond acceptors (Lipinski definition) is 4. The van der Waals surface area contributed by atoms with Crippen molar-refractivity contribution >= 4 is 11.5 Å². The van der Waals surface area contributed by atoms with Crippen molar-refractivity contribution in [2.45, 2.75) is 20.3 Å². The van der Waals surface area contributed by atoms with Gasteiger partial charge in [0, 0.05) is 12.5 Å². The zero-order valence-corrected chi connectivity index (χ0v) is 9.23. The van der Waals surface area contributed by atoms with E-state index < -0.39 is 4.92 Å². The van der Waals surface area contributed by atoms with Crippen LogP contribution in [-0.2, 0) is 11.2 Å². The van der Waals surface area contributed by atoms with Gasteiger partial charge in [-0.2, -0.15) is 0 Å². The molecule has 0 aliphatic carbocycles. The molecule has 0 atom stereocenters. The number of ether oxygens (including phenoxy) is 1. The molecule has 0 N–H and O–H groups in total. The molecule has 0 spiro atoms. The van der Waals surface area contributed by atoms with Crippen LogP contribution in [-0.4, -0.2) is 17.3 Å². The average Bonchev–Trinajstić information content (AvgIpc) is 2.17. The first-order chi connectivity index (χ1) is 7.54. The largest absolute Gasteiger partial charge is 0.487 e. The molecule has 0 heterocycles. The Kier molecular flexibility index (Phi) is 3.99. The van der Waals surface area contributed by atoms with Crippen molar-refractivity contribution in [3.8, 4) is 5.75 Å². The van der Waals surface area contributed by atoms with Gasteiger partial charge >= 0.3 is 5.69 Å². The van der Waals surface area contributed by atoms with Crippen LogP contribution in [0.3, 0.4) is 0 Å². The van der Waals surface area contributed by atoms with Crippen molar-refractivity contribution < 1.29 is 14.5 Å². The standard InChI is InChI=1S/C11H13NO4/c1-3-16-11-7-9(6-8(2)13)4-5-10(11)12(14)15/h4-5,7H,3,6H2,1-2H3. The van der Waals surface area contributed by atoms with Crippen molar-refractivity contribution in [1.82, 2.24) is 0 Å². The van der Waals surface area contributed by atoms with Crippen LogP contribution < -0.4 is 4.74 Å². The number of nitro groups is 1. The number of ketones is 1. The van der Waals surface area contributed by atoms with Crippen LogP contribution in [0.2, 0.25) is 0 Å². The van der Waals surface area contributed by atoms with Crippen LogP contribution in [0, 0.1) is 10.1 Å². The van der Waals surface area contributed by atoms with Crippen molar-refractivity contribution in [2.24, 2.45) is 0 Å².